The van der Waals surface area contributed by atoms with Gasteiger partial charge >= 0.3 is 0 Å². The first-order valence-corrected chi connectivity index (χ1v) is 7.50. The van der Waals surface area contributed by atoms with Crippen molar-refractivity contribution in [1.29, 1.82) is 0 Å². The maximum absolute atomic E-state index is 3.56. The first-order chi connectivity index (χ1) is 7.61. The van der Waals surface area contributed by atoms with Gasteiger partial charge in [0.05, 0.1) is 0 Å². The highest BCUT2D eigenvalue weighted by molar-refractivity contribution is 9.10. The van der Waals surface area contributed by atoms with Crippen LogP contribution >= 0.6 is 27.7 Å². The fraction of sp³-hybridized carbons (Fsp3) is 0.538. The minimum atomic E-state index is 0.597. The van der Waals surface area contributed by atoms with Crippen molar-refractivity contribution in [2.45, 2.75) is 31.7 Å². The van der Waals surface area contributed by atoms with Crippen molar-refractivity contribution < 1.29 is 0 Å². The van der Waals surface area contributed by atoms with Gasteiger partial charge in [-0.3, -0.25) is 0 Å². The minimum Gasteiger partial charge on any atom is -0.313 e. The minimum absolute atomic E-state index is 0.597. The van der Waals surface area contributed by atoms with Gasteiger partial charge in [-0.25, -0.2) is 0 Å². The van der Waals surface area contributed by atoms with Crippen LogP contribution in [0.3, 0.4) is 0 Å². The molecular weight excluding hydrogens is 282 g/mol. The smallest absolute Gasteiger partial charge is 0.0311 e. The van der Waals surface area contributed by atoms with Crippen molar-refractivity contribution in [3.63, 3.8) is 0 Å². The second kappa shape index (κ2) is 7.36. The molecular formula is C13H20BrNS. The predicted molar refractivity (Wildman–Crippen MR) is 77.2 cm³/mol. The van der Waals surface area contributed by atoms with Gasteiger partial charge in [-0.1, -0.05) is 26.0 Å². The van der Waals surface area contributed by atoms with Gasteiger partial charge in [-0.15, -0.1) is 11.8 Å². The number of hydrogen-bond donors (Lipinski definition) is 1. The predicted octanol–water partition coefficient (Wildman–Crippen LogP) is 4.18. The molecule has 0 fully saturated rings. The summed E-state index contributed by atoms with van der Waals surface area (Å²) in [6, 6.07) is 8.97. The maximum atomic E-state index is 3.56. The average molecular weight is 302 g/mol. The second-order valence-corrected chi connectivity index (χ2v) is 6.26. The molecule has 1 atom stereocenters. The van der Waals surface area contributed by atoms with Gasteiger partial charge in [0.15, 0.2) is 0 Å². The molecule has 0 heterocycles. The zero-order chi connectivity index (χ0) is 12.0. The van der Waals surface area contributed by atoms with Crippen LogP contribution in [0, 0.1) is 5.92 Å². The first-order valence-electron chi connectivity index (χ1n) is 5.72. The molecule has 90 valence electrons. The van der Waals surface area contributed by atoms with Crippen molar-refractivity contribution in [3.05, 3.63) is 28.7 Å². The third-order valence-electron chi connectivity index (χ3n) is 2.66. The molecule has 1 rings (SSSR count). The topological polar surface area (TPSA) is 12.0 Å². The lowest BCUT2D eigenvalue weighted by Crippen LogP contribution is -2.32. The van der Waals surface area contributed by atoms with E-state index >= 15 is 0 Å². The normalized spacial score (nSPS) is 13.1. The Morgan fingerprint density at radius 1 is 1.25 bits per heavy atom. The molecule has 0 saturated carbocycles. The van der Waals surface area contributed by atoms with E-state index in [1.165, 1.54) is 9.37 Å². The Labute approximate surface area is 112 Å². The number of benzene rings is 1. The van der Waals surface area contributed by atoms with Gasteiger partial charge in [0.1, 0.15) is 0 Å². The van der Waals surface area contributed by atoms with Crippen LogP contribution in [0.25, 0.3) is 0 Å². The van der Waals surface area contributed by atoms with Crippen LogP contribution in [0.5, 0.6) is 0 Å². The highest BCUT2D eigenvalue weighted by Gasteiger charge is 2.05. The summed E-state index contributed by atoms with van der Waals surface area (Å²) in [5.41, 5.74) is 0. The van der Waals surface area contributed by atoms with E-state index < -0.39 is 0 Å². The fourth-order valence-electron chi connectivity index (χ4n) is 1.25. The van der Waals surface area contributed by atoms with E-state index in [2.05, 4.69) is 60.2 Å². The Morgan fingerprint density at radius 2 is 1.94 bits per heavy atom. The zero-order valence-corrected chi connectivity index (χ0v) is 12.6. The molecule has 1 aromatic carbocycles. The van der Waals surface area contributed by atoms with Crippen molar-refractivity contribution >= 4 is 27.7 Å². The molecule has 1 nitrogen and oxygen atoms in total. The molecule has 0 aliphatic carbocycles. The molecule has 0 bridgehead atoms. The van der Waals surface area contributed by atoms with E-state index in [0.29, 0.717) is 12.0 Å². The van der Waals surface area contributed by atoms with E-state index in [-0.39, 0.29) is 0 Å². The summed E-state index contributed by atoms with van der Waals surface area (Å²) in [5.74, 6) is 1.81. The van der Waals surface area contributed by atoms with Gasteiger partial charge in [0.25, 0.3) is 0 Å². The molecule has 3 heteroatoms. The highest BCUT2D eigenvalue weighted by Crippen LogP contribution is 2.26. The van der Waals surface area contributed by atoms with Crippen LogP contribution in [-0.2, 0) is 0 Å². The van der Waals surface area contributed by atoms with Gasteiger partial charge in [-0.2, -0.15) is 0 Å². The van der Waals surface area contributed by atoms with E-state index in [0.717, 1.165) is 12.3 Å². The van der Waals surface area contributed by atoms with Crippen molar-refractivity contribution in [1.82, 2.24) is 5.32 Å². The number of hydrogen-bond acceptors (Lipinski definition) is 2. The lowest BCUT2D eigenvalue weighted by molar-refractivity contribution is 0.438. The number of rotatable bonds is 6. The lowest BCUT2D eigenvalue weighted by Gasteiger charge is -2.17. The van der Waals surface area contributed by atoms with Gasteiger partial charge in [0.2, 0.25) is 0 Å². The summed E-state index contributed by atoms with van der Waals surface area (Å²) in [6.07, 6.45) is 0. The Balaban J connectivity index is 2.24. The van der Waals surface area contributed by atoms with Crippen LogP contribution in [-0.4, -0.2) is 18.3 Å². The van der Waals surface area contributed by atoms with Crippen LogP contribution in [0.15, 0.2) is 33.6 Å². The molecule has 0 spiro atoms. The molecule has 0 radical (unpaired) electrons. The van der Waals surface area contributed by atoms with Crippen LogP contribution in [0.4, 0.5) is 0 Å². The number of nitrogens with one attached hydrogen (secondary N) is 1. The molecule has 0 aliphatic rings. The largest absolute Gasteiger partial charge is 0.313 e. The van der Waals surface area contributed by atoms with E-state index in [9.17, 15) is 0 Å². The van der Waals surface area contributed by atoms with Gasteiger partial charge in [0, 0.05) is 27.7 Å². The summed E-state index contributed by atoms with van der Waals surface area (Å²) in [7, 11) is 0. The maximum Gasteiger partial charge on any atom is 0.0311 e. The van der Waals surface area contributed by atoms with Gasteiger partial charge < -0.3 is 5.32 Å². The molecule has 1 aromatic rings. The third-order valence-corrected chi connectivity index (χ3v) is 4.69. The van der Waals surface area contributed by atoms with Gasteiger partial charge in [-0.05, 0) is 40.9 Å². The third kappa shape index (κ3) is 4.89. The highest BCUT2D eigenvalue weighted by atomic mass is 79.9. The molecule has 0 saturated heterocycles. The van der Waals surface area contributed by atoms with Crippen molar-refractivity contribution in [2.75, 3.05) is 12.3 Å². The number of thioether (sulfide) groups is 1. The molecule has 1 unspecified atom stereocenters. The van der Waals surface area contributed by atoms with Crippen LogP contribution in [0.2, 0.25) is 0 Å². The second-order valence-electron chi connectivity index (χ2n) is 4.27. The molecule has 1 N–H and O–H groups in total. The van der Waals surface area contributed by atoms with Crippen molar-refractivity contribution in [3.8, 4) is 0 Å². The Morgan fingerprint density at radius 3 is 2.56 bits per heavy atom. The lowest BCUT2D eigenvalue weighted by atomic mass is 10.1. The van der Waals surface area contributed by atoms with E-state index in [1.807, 2.05) is 17.8 Å². The quantitative estimate of drug-likeness (QED) is 0.625. The summed E-state index contributed by atoms with van der Waals surface area (Å²) in [5, 5.41) is 3.54. The zero-order valence-electron chi connectivity index (χ0n) is 10.2. The average Bonchev–Trinajstić information content (AvgIpc) is 2.26. The monoisotopic (exact) mass is 301 g/mol. The summed E-state index contributed by atoms with van der Waals surface area (Å²) in [6.45, 7) is 7.80. The fourth-order valence-corrected chi connectivity index (χ4v) is 2.69. The number of halogens is 1. The van der Waals surface area contributed by atoms with Crippen LogP contribution in [0.1, 0.15) is 20.8 Å². The van der Waals surface area contributed by atoms with E-state index in [1.54, 1.807) is 0 Å². The molecule has 0 aliphatic heterocycles. The van der Waals surface area contributed by atoms with Crippen molar-refractivity contribution in [2.24, 2.45) is 5.92 Å². The summed E-state index contributed by atoms with van der Waals surface area (Å²) < 4.78 is 1.19. The Kier molecular flexibility index (Phi) is 6.47. The molecule has 16 heavy (non-hydrogen) atoms. The molecule has 0 aromatic heterocycles. The van der Waals surface area contributed by atoms with E-state index in [4.69, 9.17) is 0 Å². The molecule has 0 amide bonds. The standard InChI is InChI=1S/C13H20BrNS/c1-10(2)11(3)15-8-9-16-13-7-5-4-6-12(13)14/h4-7,10-11,15H,8-9H2,1-3H3. The SMILES string of the molecule is CC(C)C(C)NCCSc1ccccc1Br. The Bertz CT molecular complexity index is 315. The van der Waals surface area contributed by atoms with Crippen LogP contribution < -0.4 is 5.32 Å². The first kappa shape index (κ1) is 14.1. The Hall–Kier alpha value is 0.01000. The summed E-state index contributed by atoms with van der Waals surface area (Å²) in [4.78, 5) is 1.32. The summed E-state index contributed by atoms with van der Waals surface area (Å²) >= 11 is 5.45.